The normalized spacial score (nSPS) is 10.4. The maximum Gasteiger partial charge on any atom is 0.156 e. The van der Waals surface area contributed by atoms with Crippen LogP contribution in [0.4, 0.5) is 0 Å². The van der Waals surface area contributed by atoms with Gasteiger partial charge in [-0.05, 0) is 50.8 Å². The highest BCUT2D eigenvalue weighted by Crippen LogP contribution is 2.36. The lowest BCUT2D eigenvalue weighted by atomic mass is 10.3. The first-order valence-electron chi connectivity index (χ1n) is 5.90. The number of phenols is 1. The molecule has 1 N–H and O–H groups in total. The smallest absolute Gasteiger partial charge is 0.156 e. The van der Waals surface area contributed by atoms with E-state index in [0.29, 0.717) is 35.6 Å². The second-order valence-corrected chi connectivity index (χ2v) is 7.45. The second kappa shape index (κ2) is 9.90. The zero-order valence-corrected chi connectivity index (χ0v) is 15.2. The quantitative estimate of drug-likeness (QED) is 0.533. The molecule has 7 heteroatoms. The molecule has 0 aliphatic heterocycles. The SMILES string of the molecule is Oc1cc(Cl)c(OCCCCOCC=C(Br)Br)c(Cl)c1. The van der Waals surface area contributed by atoms with Crippen molar-refractivity contribution in [3.8, 4) is 11.5 Å². The molecule has 0 spiro atoms. The number of unbranched alkanes of at least 4 members (excludes halogenated alkanes) is 1. The van der Waals surface area contributed by atoms with Crippen molar-refractivity contribution in [2.45, 2.75) is 12.8 Å². The van der Waals surface area contributed by atoms with Crippen LogP contribution in [0.25, 0.3) is 0 Å². The molecular weight excluding hydrogens is 435 g/mol. The minimum absolute atomic E-state index is 0.0201. The molecule has 0 amide bonds. The lowest BCUT2D eigenvalue weighted by Gasteiger charge is -2.10. The maximum atomic E-state index is 9.30. The molecule has 0 saturated carbocycles. The van der Waals surface area contributed by atoms with Crippen LogP contribution in [0.1, 0.15) is 12.8 Å². The molecule has 0 aliphatic carbocycles. The first-order chi connectivity index (χ1) is 9.50. The minimum atomic E-state index is 0.0201. The molecule has 0 heterocycles. The Morgan fingerprint density at radius 1 is 1.15 bits per heavy atom. The fourth-order valence-electron chi connectivity index (χ4n) is 1.37. The average molecular weight is 449 g/mol. The summed E-state index contributed by atoms with van der Waals surface area (Å²) in [7, 11) is 0. The van der Waals surface area contributed by atoms with Gasteiger partial charge in [0.2, 0.25) is 0 Å². The van der Waals surface area contributed by atoms with Crippen LogP contribution in [0.3, 0.4) is 0 Å². The lowest BCUT2D eigenvalue weighted by molar-refractivity contribution is 0.152. The molecule has 20 heavy (non-hydrogen) atoms. The Bertz CT molecular complexity index is 440. The van der Waals surface area contributed by atoms with E-state index in [9.17, 15) is 5.11 Å². The Hall–Kier alpha value is 0.0600. The van der Waals surface area contributed by atoms with E-state index in [2.05, 4.69) is 31.9 Å². The van der Waals surface area contributed by atoms with Crippen LogP contribution >= 0.6 is 55.1 Å². The van der Waals surface area contributed by atoms with Gasteiger partial charge in [0.05, 0.1) is 26.7 Å². The summed E-state index contributed by atoms with van der Waals surface area (Å²) in [5, 5.41) is 9.91. The van der Waals surface area contributed by atoms with E-state index in [1.165, 1.54) is 12.1 Å². The summed E-state index contributed by atoms with van der Waals surface area (Å²) in [5.74, 6) is 0.421. The monoisotopic (exact) mass is 446 g/mol. The summed E-state index contributed by atoms with van der Waals surface area (Å²) in [4.78, 5) is 0. The fourth-order valence-corrected chi connectivity index (χ4v) is 2.22. The van der Waals surface area contributed by atoms with E-state index in [-0.39, 0.29) is 5.75 Å². The second-order valence-electron chi connectivity index (χ2n) is 3.86. The molecule has 0 aliphatic rings. The molecule has 0 saturated heterocycles. The predicted molar refractivity (Wildman–Crippen MR) is 89.6 cm³/mol. The summed E-state index contributed by atoms with van der Waals surface area (Å²) >= 11 is 18.4. The van der Waals surface area contributed by atoms with Gasteiger partial charge in [0.15, 0.2) is 5.75 Å². The maximum absolute atomic E-state index is 9.30. The minimum Gasteiger partial charge on any atom is -0.508 e. The van der Waals surface area contributed by atoms with Gasteiger partial charge in [-0.1, -0.05) is 23.2 Å². The molecule has 1 aromatic rings. The van der Waals surface area contributed by atoms with E-state index in [4.69, 9.17) is 32.7 Å². The highest BCUT2D eigenvalue weighted by atomic mass is 79.9. The zero-order chi connectivity index (χ0) is 15.0. The van der Waals surface area contributed by atoms with Crippen molar-refractivity contribution in [3.05, 3.63) is 31.6 Å². The summed E-state index contributed by atoms with van der Waals surface area (Å²) in [6, 6.07) is 2.80. The van der Waals surface area contributed by atoms with Crippen LogP contribution in [0.5, 0.6) is 11.5 Å². The molecule has 3 nitrogen and oxygen atoms in total. The lowest BCUT2D eigenvalue weighted by Crippen LogP contribution is -2.01. The van der Waals surface area contributed by atoms with Crippen LogP contribution in [0.2, 0.25) is 10.0 Å². The first kappa shape index (κ1) is 18.1. The number of aromatic hydroxyl groups is 1. The molecular formula is C13H14Br2Cl2O3. The van der Waals surface area contributed by atoms with E-state index in [1.807, 2.05) is 6.08 Å². The summed E-state index contributed by atoms with van der Waals surface area (Å²) in [6.07, 6.45) is 3.58. The molecule has 0 fully saturated rings. The third kappa shape index (κ3) is 7.18. The third-order valence-electron chi connectivity index (χ3n) is 2.27. The number of hydrogen-bond donors (Lipinski definition) is 1. The third-order valence-corrected chi connectivity index (χ3v) is 3.48. The van der Waals surface area contributed by atoms with Gasteiger partial charge >= 0.3 is 0 Å². The Kier molecular flexibility index (Phi) is 8.96. The van der Waals surface area contributed by atoms with Crippen molar-refractivity contribution in [3.63, 3.8) is 0 Å². The molecule has 0 radical (unpaired) electrons. The van der Waals surface area contributed by atoms with Crippen molar-refractivity contribution in [2.24, 2.45) is 0 Å². The van der Waals surface area contributed by atoms with Gasteiger partial charge in [-0.25, -0.2) is 0 Å². The Morgan fingerprint density at radius 3 is 2.35 bits per heavy atom. The van der Waals surface area contributed by atoms with Crippen molar-refractivity contribution in [1.82, 2.24) is 0 Å². The standard InChI is InChI=1S/C13H14Br2Cl2O3/c14-12(15)3-6-19-4-1-2-5-20-13-10(16)7-9(18)8-11(13)17/h3,7-8,18H,1-2,4-6H2. The van der Waals surface area contributed by atoms with E-state index in [0.717, 1.165) is 16.2 Å². The molecule has 0 bridgehead atoms. The van der Waals surface area contributed by atoms with Gasteiger partial charge < -0.3 is 14.6 Å². The van der Waals surface area contributed by atoms with Crippen LogP contribution in [0.15, 0.2) is 21.6 Å². The van der Waals surface area contributed by atoms with Gasteiger partial charge in [0.25, 0.3) is 0 Å². The van der Waals surface area contributed by atoms with Crippen LogP contribution in [-0.4, -0.2) is 24.9 Å². The molecule has 1 rings (SSSR count). The van der Waals surface area contributed by atoms with Gasteiger partial charge in [0.1, 0.15) is 5.75 Å². The van der Waals surface area contributed by atoms with E-state index in [1.54, 1.807) is 0 Å². The van der Waals surface area contributed by atoms with Gasteiger partial charge in [0, 0.05) is 18.7 Å². The summed E-state index contributed by atoms with van der Waals surface area (Å²) in [5.41, 5.74) is 0. The van der Waals surface area contributed by atoms with Crippen molar-refractivity contribution >= 4 is 55.1 Å². The molecule has 112 valence electrons. The van der Waals surface area contributed by atoms with Crippen molar-refractivity contribution in [1.29, 1.82) is 0 Å². The molecule has 0 aromatic heterocycles. The number of benzene rings is 1. The van der Waals surface area contributed by atoms with Gasteiger partial charge in [-0.15, -0.1) is 0 Å². The Balaban J connectivity index is 2.20. The predicted octanol–water partition coefficient (Wildman–Crippen LogP) is 5.51. The zero-order valence-electron chi connectivity index (χ0n) is 10.5. The van der Waals surface area contributed by atoms with Crippen LogP contribution < -0.4 is 4.74 Å². The average Bonchev–Trinajstić information content (AvgIpc) is 2.34. The molecule has 1 aromatic carbocycles. The topological polar surface area (TPSA) is 38.7 Å². The summed E-state index contributed by atoms with van der Waals surface area (Å²) < 4.78 is 11.8. The number of ether oxygens (including phenoxy) is 2. The van der Waals surface area contributed by atoms with Crippen LogP contribution in [0, 0.1) is 0 Å². The largest absolute Gasteiger partial charge is 0.508 e. The van der Waals surface area contributed by atoms with Gasteiger partial charge in [-0.3, -0.25) is 0 Å². The van der Waals surface area contributed by atoms with Crippen molar-refractivity contribution in [2.75, 3.05) is 19.8 Å². The number of hydrogen-bond acceptors (Lipinski definition) is 3. The number of halogens is 4. The van der Waals surface area contributed by atoms with E-state index >= 15 is 0 Å². The first-order valence-corrected chi connectivity index (χ1v) is 8.24. The van der Waals surface area contributed by atoms with Crippen LogP contribution in [-0.2, 0) is 4.74 Å². The highest BCUT2D eigenvalue weighted by Gasteiger charge is 2.09. The fraction of sp³-hybridized carbons (Fsp3) is 0.385. The Morgan fingerprint density at radius 2 is 1.75 bits per heavy atom. The van der Waals surface area contributed by atoms with E-state index < -0.39 is 0 Å². The molecule has 0 atom stereocenters. The molecule has 0 unspecified atom stereocenters. The highest BCUT2D eigenvalue weighted by molar-refractivity contribution is 9.28. The van der Waals surface area contributed by atoms with Gasteiger partial charge in [-0.2, -0.15) is 0 Å². The number of phenolic OH excluding ortho intramolecular Hbond substituents is 1. The Labute approximate surface area is 145 Å². The number of rotatable bonds is 8. The summed E-state index contributed by atoms with van der Waals surface area (Å²) in [6.45, 7) is 1.71. The van der Waals surface area contributed by atoms with Crippen molar-refractivity contribution < 1.29 is 14.6 Å².